The van der Waals surface area contributed by atoms with Crippen LogP contribution >= 0.6 is 0 Å². The Morgan fingerprint density at radius 3 is 2.53 bits per heavy atom. The fraction of sp³-hybridized carbons (Fsp3) is 0.455. The van der Waals surface area contributed by atoms with Gasteiger partial charge in [0.05, 0.1) is 12.2 Å². The molecule has 0 unspecified atom stereocenters. The van der Waals surface area contributed by atoms with Crippen LogP contribution in [-0.4, -0.2) is 15.5 Å². The summed E-state index contributed by atoms with van der Waals surface area (Å²) in [7, 11) is 1.96. The molecule has 4 nitrogen and oxygen atoms in total. The molecule has 1 N–H and O–H groups in total. The summed E-state index contributed by atoms with van der Waals surface area (Å²) < 4.78 is 2.00. The van der Waals surface area contributed by atoms with Crippen molar-refractivity contribution in [2.24, 2.45) is 7.05 Å². The van der Waals surface area contributed by atoms with Gasteiger partial charge in [0.15, 0.2) is 0 Å². The van der Waals surface area contributed by atoms with E-state index < -0.39 is 0 Å². The summed E-state index contributed by atoms with van der Waals surface area (Å²) in [5.74, 6) is 0.824. The minimum atomic E-state index is -0.127. The molecule has 15 heavy (non-hydrogen) atoms. The van der Waals surface area contributed by atoms with Gasteiger partial charge in [-0.15, -0.1) is 0 Å². The molecular formula is C11H17N3O. The third-order valence-corrected chi connectivity index (χ3v) is 2.51. The van der Waals surface area contributed by atoms with E-state index in [9.17, 15) is 4.79 Å². The van der Waals surface area contributed by atoms with E-state index in [1.807, 2.05) is 25.5 Å². The van der Waals surface area contributed by atoms with Crippen molar-refractivity contribution in [2.45, 2.75) is 27.3 Å². The Bertz CT molecular complexity index is 404. The van der Waals surface area contributed by atoms with Crippen LogP contribution in [0.5, 0.6) is 0 Å². The molecular weight excluding hydrogens is 190 g/mol. The third kappa shape index (κ3) is 2.46. The molecule has 0 aliphatic heterocycles. The van der Waals surface area contributed by atoms with Crippen molar-refractivity contribution in [1.29, 1.82) is 0 Å². The van der Waals surface area contributed by atoms with Gasteiger partial charge in [-0.3, -0.25) is 4.79 Å². The number of hydrogen-bond acceptors (Lipinski definition) is 2. The topological polar surface area (TPSA) is 46.9 Å². The molecule has 1 aromatic heterocycles. The van der Waals surface area contributed by atoms with Crippen molar-refractivity contribution in [2.75, 3.05) is 0 Å². The highest BCUT2D eigenvalue weighted by molar-refractivity contribution is 5.91. The van der Waals surface area contributed by atoms with Gasteiger partial charge >= 0.3 is 0 Å². The molecule has 0 bridgehead atoms. The summed E-state index contributed by atoms with van der Waals surface area (Å²) in [4.78, 5) is 15.6. The van der Waals surface area contributed by atoms with Crippen LogP contribution in [0.15, 0.2) is 12.2 Å². The first-order valence-corrected chi connectivity index (χ1v) is 4.86. The molecule has 1 amide bonds. The molecule has 0 atom stereocenters. The Morgan fingerprint density at radius 1 is 1.53 bits per heavy atom. The zero-order chi connectivity index (χ0) is 11.6. The largest absolute Gasteiger partial charge is 0.347 e. The van der Waals surface area contributed by atoms with Crippen molar-refractivity contribution >= 4 is 5.91 Å². The number of imidazole rings is 1. The maximum atomic E-state index is 11.3. The lowest BCUT2D eigenvalue weighted by Crippen LogP contribution is -2.23. The van der Waals surface area contributed by atoms with Crippen molar-refractivity contribution < 1.29 is 4.79 Å². The predicted molar refractivity (Wildman–Crippen MR) is 59.3 cm³/mol. The number of hydrogen-bond donors (Lipinski definition) is 1. The highest BCUT2D eigenvalue weighted by Gasteiger charge is 2.09. The van der Waals surface area contributed by atoms with E-state index in [0.717, 1.165) is 17.2 Å². The molecule has 0 radical (unpaired) electrons. The second-order valence-corrected chi connectivity index (χ2v) is 3.71. The van der Waals surface area contributed by atoms with E-state index in [1.165, 1.54) is 0 Å². The van der Waals surface area contributed by atoms with Gasteiger partial charge in [0.25, 0.3) is 0 Å². The van der Waals surface area contributed by atoms with Crippen molar-refractivity contribution in [3.8, 4) is 0 Å². The van der Waals surface area contributed by atoms with Gasteiger partial charge in [-0.1, -0.05) is 6.58 Å². The average molecular weight is 207 g/mol. The monoisotopic (exact) mass is 207 g/mol. The minimum absolute atomic E-state index is 0.127. The van der Waals surface area contributed by atoms with Gasteiger partial charge in [0.2, 0.25) is 5.91 Å². The third-order valence-electron chi connectivity index (χ3n) is 2.51. The fourth-order valence-corrected chi connectivity index (χ4v) is 1.27. The second kappa shape index (κ2) is 4.29. The first kappa shape index (κ1) is 11.5. The van der Waals surface area contributed by atoms with Gasteiger partial charge in [-0.05, 0) is 20.8 Å². The van der Waals surface area contributed by atoms with Gasteiger partial charge in [0, 0.05) is 18.3 Å². The maximum Gasteiger partial charge on any atom is 0.246 e. The van der Waals surface area contributed by atoms with E-state index >= 15 is 0 Å². The van der Waals surface area contributed by atoms with Crippen LogP contribution in [0.1, 0.15) is 24.1 Å². The van der Waals surface area contributed by atoms with E-state index in [0.29, 0.717) is 12.1 Å². The Kier molecular flexibility index (Phi) is 3.29. The summed E-state index contributed by atoms with van der Waals surface area (Å²) in [6.45, 7) is 9.65. The standard InChI is InChI=1S/C11H17N3O/c1-7(2)11(15)12-6-10-8(3)14(5)9(4)13-10/h1,6H2,2-5H3,(H,12,15). The first-order valence-electron chi connectivity index (χ1n) is 4.86. The molecule has 0 saturated carbocycles. The Hall–Kier alpha value is -1.58. The molecule has 1 heterocycles. The molecule has 0 fully saturated rings. The molecule has 82 valence electrons. The van der Waals surface area contributed by atoms with E-state index in [4.69, 9.17) is 0 Å². The lowest BCUT2D eigenvalue weighted by molar-refractivity contribution is -0.117. The summed E-state index contributed by atoms with van der Waals surface area (Å²) >= 11 is 0. The van der Waals surface area contributed by atoms with Crippen LogP contribution in [0.2, 0.25) is 0 Å². The summed E-state index contributed by atoms with van der Waals surface area (Å²) in [6, 6.07) is 0. The number of carbonyl (C=O) groups is 1. The van der Waals surface area contributed by atoms with E-state index in [-0.39, 0.29) is 5.91 Å². The molecule has 0 spiro atoms. The molecule has 0 aromatic carbocycles. The molecule has 0 saturated heterocycles. The fourth-order valence-electron chi connectivity index (χ4n) is 1.27. The van der Waals surface area contributed by atoms with Crippen molar-refractivity contribution in [3.63, 3.8) is 0 Å². The smallest absolute Gasteiger partial charge is 0.246 e. The summed E-state index contributed by atoms with van der Waals surface area (Å²) in [5, 5.41) is 2.77. The predicted octanol–water partition coefficient (Wildman–Crippen LogP) is 1.23. The molecule has 1 aromatic rings. The number of amides is 1. The number of rotatable bonds is 3. The van der Waals surface area contributed by atoms with Crippen LogP contribution in [0, 0.1) is 13.8 Å². The van der Waals surface area contributed by atoms with Crippen LogP contribution in [-0.2, 0) is 18.4 Å². The van der Waals surface area contributed by atoms with Gasteiger partial charge < -0.3 is 9.88 Å². The maximum absolute atomic E-state index is 11.3. The molecule has 4 heteroatoms. The summed E-state index contributed by atoms with van der Waals surface area (Å²) in [6.07, 6.45) is 0. The zero-order valence-corrected chi connectivity index (χ0v) is 9.72. The highest BCUT2D eigenvalue weighted by Crippen LogP contribution is 2.07. The second-order valence-electron chi connectivity index (χ2n) is 3.71. The van der Waals surface area contributed by atoms with E-state index in [1.54, 1.807) is 6.92 Å². The lowest BCUT2D eigenvalue weighted by Gasteiger charge is -2.03. The minimum Gasteiger partial charge on any atom is -0.347 e. The Labute approximate surface area is 90.0 Å². The van der Waals surface area contributed by atoms with Crippen LogP contribution in [0.25, 0.3) is 0 Å². The molecule has 1 rings (SSSR count). The van der Waals surface area contributed by atoms with Crippen molar-refractivity contribution in [3.05, 3.63) is 29.4 Å². The van der Waals surface area contributed by atoms with Crippen LogP contribution < -0.4 is 5.32 Å². The number of aryl methyl sites for hydroxylation is 1. The Morgan fingerprint density at radius 2 is 2.13 bits per heavy atom. The lowest BCUT2D eigenvalue weighted by atomic mass is 10.3. The number of nitrogens with one attached hydrogen (secondary N) is 1. The van der Waals surface area contributed by atoms with Gasteiger partial charge in [-0.25, -0.2) is 4.98 Å². The van der Waals surface area contributed by atoms with Crippen molar-refractivity contribution in [1.82, 2.24) is 14.9 Å². The molecule has 0 aliphatic rings. The number of carbonyl (C=O) groups excluding carboxylic acids is 1. The first-order chi connectivity index (χ1) is 6.93. The molecule has 0 aliphatic carbocycles. The van der Waals surface area contributed by atoms with Gasteiger partial charge in [-0.2, -0.15) is 0 Å². The van der Waals surface area contributed by atoms with Crippen LogP contribution in [0.3, 0.4) is 0 Å². The quantitative estimate of drug-likeness (QED) is 0.758. The zero-order valence-electron chi connectivity index (χ0n) is 9.72. The SMILES string of the molecule is C=C(C)C(=O)NCc1nc(C)n(C)c1C. The van der Waals surface area contributed by atoms with E-state index in [2.05, 4.69) is 16.9 Å². The number of aromatic nitrogens is 2. The number of nitrogens with zero attached hydrogens (tertiary/aromatic N) is 2. The van der Waals surface area contributed by atoms with Crippen LogP contribution in [0.4, 0.5) is 0 Å². The average Bonchev–Trinajstić information content (AvgIpc) is 2.42. The van der Waals surface area contributed by atoms with Gasteiger partial charge in [0.1, 0.15) is 5.82 Å². The highest BCUT2D eigenvalue weighted by atomic mass is 16.1. The Balaban J connectivity index is 2.70. The normalized spacial score (nSPS) is 10.1. The summed E-state index contributed by atoms with van der Waals surface area (Å²) in [5.41, 5.74) is 2.50.